The normalized spacial score (nSPS) is 17.4. The van der Waals surface area contributed by atoms with Gasteiger partial charge in [-0.3, -0.25) is 4.79 Å². The Morgan fingerprint density at radius 1 is 1.14 bits per heavy atom. The number of halogens is 6. The van der Waals surface area contributed by atoms with Gasteiger partial charge in [-0.25, -0.2) is 4.99 Å². The molecule has 1 aliphatic rings. The summed E-state index contributed by atoms with van der Waals surface area (Å²) in [7, 11) is 0. The fraction of sp³-hybridized carbons (Fsp3) is 0.231. The Bertz CT molecular complexity index is 657. The Hall–Kier alpha value is -2.32. The number of fused-ring (bicyclic) bond motifs is 1. The van der Waals surface area contributed by atoms with E-state index in [1.807, 2.05) is 0 Å². The van der Waals surface area contributed by atoms with Gasteiger partial charge in [0.1, 0.15) is 5.71 Å². The number of para-hydroxylation sites is 2. The molecular weight excluding hydrogens is 314 g/mol. The first-order valence-corrected chi connectivity index (χ1v) is 5.90. The van der Waals surface area contributed by atoms with Gasteiger partial charge in [0.2, 0.25) is 0 Å². The maximum Gasteiger partial charge on any atom is 0.454 e. The van der Waals surface area contributed by atoms with Crippen molar-refractivity contribution in [2.24, 2.45) is 4.99 Å². The fourth-order valence-electron chi connectivity index (χ4n) is 1.75. The van der Waals surface area contributed by atoms with Crippen LogP contribution >= 0.6 is 0 Å². The summed E-state index contributed by atoms with van der Waals surface area (Å²) in [4.78, 5) is 14.4. The quantitative estimate of drug-likeness (QED) is 0.623. The molecule has 0 aromatic heterocycles. The molecule has 0 fully saturated rings. The number of ketones is 1. The molecule has 1 N–H and O–H groups in total. The van der Waals surface area contributed by atoms with E-state index in [4.69, 9.17) is 0 Å². The molecule has 9 heteroatoms. The van der Waals surface area contributed by atoms with Gasteiger partial charge in [-0.05, 0) is 12.1 Å². The highest BCUT2D eigenvalue weighted by Gasteiger charge is 2.40. The Morgan fingerprint density at radius 2 is 1.77 bits per heavy atom. The summed E-state index contributed by atoms with van der Waals surface area (Å²) < 4.78 is 75.4. The SMILES string of the molecule is O=C(/C=C1/CC(C(F)(F)F)=Nc2ccccc2N1)C(F)(F)F. The lowest BCUT2D eigenvalue weighted by Crippen LogP contribution is -2.25. The summed E-state index contributed by atoms with van der Waals surface area (Å²) in [5.74, 6) is -2.24. The van der Waals surface area contributed by atoms with E-state index in [-0.39, 0.29) is 17.5 Å². The third-order valence-electron chi connectivity index (χ3n) is 2.72. The third kappa shape index (κ3) is 3.66. The third-order valence-corrected chi connectivity index (χ3v) is 2.72. The molecule has 1 aliphatic heterocycles. The van der Waals surface area contributed by atoms with Crippen LogP contribution in [0.2, 0.25) is 0 Å². The van der Waals surface area contributed by atoms with Crippen LogP contribution in [0.3, 0.4) is 0 Å². The number of nitrogens with zero attached hydrogens (tertiary/aromatic N) is 1. The zero-order valence-electron chi connectivity index (χ0n) is 10.7. The smallest absolute Gasteiger partial charge is 0.357 e. The minimum absolute atomic E-state index is 0.0716. The number of aliphatic imine (C=N–C) groups is 1. The molecule has 0 unspecified atom stereocenters. The highest BCUT2D eigenvalue weighted by atomic mass is 19.4. The van der Waals surface area contributed by atoms with Crippen LogP contribution in [-0.4, -0.2) is 23.8 Å². The van der Waals surface area contributed by atoms with Crippen molar-refractivity contribution in [2.45, 2.75) is 18.8 Å². The summed E-state index contributed by atoms with van der Waals surface area (Å²) in [5.41, 5.74) is -1.80. The molecule has 1 aromatic carbocycles. The molecule has 3 nitrogen and oxygen atoms in total. The lowest BCUT2D eigenvalue weighted by atomic mass is 10.1. The van der Waals surface area contributed by atoms with Gasteiger partial charge < -0.3 is 5.32 Å². The van der Waals surface area contributed by atoms with Crippen molar-refractivity contribution in [2.75, 3.05) is 5.32 Å². The first-order valence-electron chi connectivity index (χ1n) is 5.90. The number of hydrogen-bond acceptors (Lipinski definition) is 3. The van der Waals surface area contributed by atoms with Gasteiger partial charge in [0.15, 0.2) is 0 Å². The molecule has 1 aromatic rings. The van der Waals surface area contributed by atoms with Crippen molar-refractivity contribution in [3.8, 4) is 0 Å². The lowest BCUT2D eigenvalue weighted by molar-refractivity contribution is -0.165. The molecule has 1 heterocycles. The number of nitrogens with one attached hydrogen (secondary N) is 1. The van der Waals surface area contributed by atoms with E-state index in [2.05, 4.69) is 10.3 Å². The Balaban J connectivity index is 2.47. The average Bonchev–Trinajstić information content (AvgIpc) is 2.55. The molecule has 0 atom stereocenters. The van der Waals surface area contributed by atoms with Gasteiger partial charge >= 0.3 is 12.4 Å². The fourth-order valence-corrected chi connectivity index (χ4v) is 1.75. The van der Waals surface area contributed by atoms with Gasteiger partial charge in [-0.1, -0.05) is 12.1 Å². The van der Waals surface area contributed by atoms with Crippen molar-refractivity contribution >= 4 is 22.9 Å². The zero-order chi connectivity index (χ0) is 16.5. The molecular formula is C13H8F6N2O. The van der Waals surface area contributed by atoms with E-state index < -0.39 is 36.0 Å². The zero-order valence-corrected chi connectivity index (χ0v) is 10.7. The molecule has 2 rings (SSSR count). The van der Waals surface area contributed by atoms with Crippen molar-refractivity contribution < 1.29 is 31.1 Å². The van der Waals surface area contributed by atoms with Gasteiger partial charge in [0, 0.05) is 18.2 Å². The lowest BCUT2D eigenvalue weighted by Gasteiger charge is -2.11. The molecule has 0 spiro atoms. The molecule has 22 heavy (non-hydrogen) atoms. The Kier molecular flexibility index (Phi) is 3.99. The number of carbonyl (C=O) groups excluding carboxylic acids is 1. The van der Waals surface area contributed by atoms with Crippen LogP contribution in [-0.2, 0) is 4.79 Å². The molecule has 0 radical (unpaired) electrons. The molecule has 0 saturated carbocycles. The van der Waals surface area contributed by atoms with E-state index >= 15 is 0 Å². The molecule has 0 bridgehead atoms. The van der Waals surface area contributed by atoms with Gasteiger partial charge in [0.05, 0.1) is 11.4 Å². The van der Waals surface area contributed by atoms with E-state index in [9.17, 15) is 31.1 Å². The number of hydrogen-bond donors (Lipinski definition) is 1. The first-order chi connectivity index (χ1) is 10.1. The molecule has 0 aliphatic carbocycles. The number of anilines is 1. The minimum Gasteiger partial charge on any atom is -0.357 e. The number of alkyl halides is 6. The molecule has 118 valence electrons. The second-order valence-corrected chi connectivity index (χ2v) is 4.41. The summed E-state index contributed by atoms with van der Waals surface area (Å²) in [6.45, 7) is 0. The predicted molar refractivity (Wildman–Crippen MR) is 67.0 cm³/mol. The standard InChI is InChI=1S/C13H8F6N2O/c14-12(15,16)10-5-7(6-11(22)13(17,18)19)20-8-3-1-2-4-9(8)21-10/h1-4,6,20H,5H2/b7-6-. The van der Waals surface area contributed by atoms with Crippen molar-refractivity contribution in [1.82, 2.24) is 0 Å². The van der Waals surface area contributed by atoms with E-state index in [0.29, 0.717) is 0 Å². The molecule has 0 saturated heterocycles. The van der Waals surface area contributed by atoms with E-state index in [1.54, 1.807) is 0 Å². The van der Waals surface area contributed by atoms with E-state index in [0.717, 1.165) is 0 Å². The monoisotopic (exact) mass is 322 g/mol. The van der Waals surface area contributed by atoms with Crippen LogP contribution in [0.25, 0.3) is 0 Å². The van der Waals surface area contributed by atoms with Crippen LogP contribution in [0.4, 0.5) is 37.7 Å². The second-order valence-electron chi connectivity index (χ2n) is 4.41. The Morgan fingerprint density at radius 3 is 2.36 bits per heavy atom. The van der Waals surface area contributed by atoms with Crippen molar-refractivity contribution in [3.05, 3.63) is 36.0 Å². The second kappa shape index (κ2) is 5.47. The van der Waals surface area contributed by atoms with Crippen LogP contribution < -0.4 is 5.32 Å². The van der Waals surface area contributed by atoms with Gasteiger partial charge in [-0.2, -0.15) is 26.3 Å². The van der Waals surface area contributed by atoms with Gasteiger partial charge in [0.25, 0.3) is 5.78 Å². The minimum atomic E-state index is -5.16. The van der Waals surface area contributed by atoms with Crippen LogP contribution in [0.15, 0.2) is 41.0 Å². The van der Waals surface area contributed by atoms with Crippen molar-refractivity contribution in [1.29, 1.82) is 0 Å². The summed E-state index contributed by atoms with van der Waals surface area (Å²) >= 11 is 0. The number of carbonyl (C=O) groups is 1. The van der Waals surface area contributed by atoms with E-state index in [1.165, 1.54) is 24.3 Å². The topological polar surface area (TPSA) is 41.5 Å². The first kappa shape index (κ1) is 16.1. The summed E-state index contributed by atoms with van der Waals surface area (Å²) in [6, 6.07) is 5.55. The van der Waals surface area contributed by atoms with Crippen LogP contribution in [0.1, 0.15) is 6.42 Å². The maximum absolute atomic E-state index is 12.9. The Labute approximate surface area is 120 Å². The summed E-state index contributed by atoms with van der Waals surface area (Å²) in [5, 5.41) is 2.39. The van der Waals surface area contributed by atoms with Crippen molar-refractivity contribution in [3.63, 3.8) is 0 Å². The summed E-state index contributed by atoms with van der Waals surface area (Å²) in [6.07, 6.45) is -10.8. The highest BCUT2D eigenvalue weighted by molar-refractivity contribution is 6.00. The maximum atomic E-state index is 12.9. The largest absolute Gasteiger partial charge is 0.454 e. The number of rotatable bonds is 1. The van der Waals surface area contributed by atoms with Gasteiger partial charge in [-0.15, -0.1) is 0 Å². The average molecular weight is 322 g/mol. The predicted octanol–water partition coefficient (Wildman–Crippen LogP) is 4.15. The van der Waals surface area contributed by atoms with Crippen LogP contribution in [0.5, 0.6) is 0 Å². The highest BCUT2D eigenvalue weighted by Crippen LogP contribution is 2.34. The number of benzene rings is 1. The van der Waals surface area contributed by atoms with Crippen LogP contribution in [0, 0.1) is 0 Å². The number of allylic oxidation sites excluding steroid dienone is 2. The molecule has 0 amide bonds.